The van der Waals surface area contributed by atoms with E-state index in [9.17, 15) is 9.59 Å². The van der Waals surface area contributed by atoms with Crippen molar-refractivity contribution in [2.75, 3.05) is 6.61 Å². The molecule has 4 nitrogen and oxygen atoms in total. The third kappa shape index (κ3) is 4.86. The molecule has 0 unspecified atom stereocenters. The smallest absolute Gasteiger partial charge is 0.293 e. The van der Waals surface area contributed by atoms with E-state index in [4.69, 9.17) is 4.74 Å². The van der Waals surface area contributed by atoms with E-state index >= 15 is 0 Å². The number of carbonyl (C=O) groups is 2. The normalized spacial score (nSPS) is 15.7. The van der Waals surface area contributed by atoms with Crippen molar-refractivity contribution in [2.45, 2.75) is 20.4 Å². The second-order valence-electron chi connectivity index (χ2n) is 6.00. The summed E-state index contributed by atoms with van der Waals surface area (Å²) in [5.41, 5.74) is 2.94. The number of aryl methyl sites for hydroxylation is 1. The Bertz CT molecular complexity index is 920. The zero-order valence-corrected chi connectivity index (χ0v) is 19.9. The van der Waals surface area contributed by atoms with Crippen LogP contribution in [0, 0.1) is 14.1 Å². The largest absolute Gasteiger partial charge is 0.492 e. The van der Waals surface area contributed by atoms with Crippen molar-refractivity contribution >= 4 is 74.2 Å². The van der Waals surface area contributed by atoms with E-state index in [0.717, 1.165) is 41.3 Å². The van der Waals surface area contributed by atoms with Crippen LogP contribution in [0.3, 0.4) is 0 Å². The van der Waals surface area contributed by atoms with Crippen molar-refractivity contribution in [1.82, 2.24) is 4.90 Å². The van der Waals surface area contributed by atoms with Crippen molar-refractivity contribution < 1.29 is 14.3 Å². The lowest BCUT2D eigenvalue weighted by Gasteiger charge is -2.13. The predicted octanol–water partition coefficient (Wildman–Crippen LogP) is 5.84. The molecule has 27 heavy (non-hydrogen) atoms. The van der Waals surface area contributed by atoms with Gasteiger partial charge in [0.25, 0.3) is 11.1 Å². The van der Waals surface area contributed by atoms with Gasteiger partial charge in [0.15, 0.2) is 0 Å². The molecule has 1 heterocycles. The molecule has 0 N–H and O–H groups in total. The minimum absolute atomic E-state index is 0.233. The van der Waals surface area contributed by atoms with Crippen LogP contribution < -0.4 is 4.74 Å². The van der Waals surface area contributed by atoms with Gasteiger partial charge in [0.1, 0.15) is 5.75 Å². The molecule has 1 aliphatic heterocycles. The second-order valence-corrected chi connectivity index (χ2v) is 9.32. The molecular weight excluding hydrogens is 588 g/mol. The summed E-state index contributed by atoms with van der Waals surface area (Å²) < 4.78 is 7.61. The molecule has 2 aromatic carbocycles. The molecule has 0 atom stereocenters. The SMILES string of the molecule is CCOc1c(I)cc(/C=C2\SC(=O)N(Cc3cccc(C)c3)C2=O)cc1I. The number of rotatable bonds is 5. The van der Waals surface area contributed by atoms with E-state index in [0.29, 0.717) is 18.1 Å². The van der Waals surface area contributed by atoms with Gasteiger partial charge in [-0.25, -0.2) is 0 Å². The highest BCUT2D eigenvalue weighted by molar-refractivity contribution is 14.1. The molecular formula is C20H17I2NO3S. The molecule has 0 spiro atoms. The van der Waals surface area contributed by atoms with Crippen LogP contribution >= 0.6 is 56.9 Å². The van der Waals surface area contributed by atoms with Gasteiger partial charge < -0.3 is 4.74 Å². The Morgan fingerprint density at radius 3 is 2.48 bits per heavy atom. The molecule has 0 radical (unpaired) electrons. The third-order valence-corrected chi connectivity index (χ3v) is 6.41. The van der Waals surface area contributed by atoms with E-state index in [1.807, 2.05) is 50.2 Å². The van der Waals surface area contributed by atoms with Crippen LogP contribution in [-0.4, -0.2) is 22.7 Å². The molecule has 2 aromatic rings. The number of carbonyl (C=O) groups excluding carboxylic acids is 2. The van der Waals surface area contributed by atoms with Gasteiger partial charge in [-0.05, 0) is 100 Å². The Labute approximate surface area is 190 Å². The Balaban J connectivity index is 1.84. The summed E-state index contributed by atoms with van der Waals surface area (Å²) in [7, 11) is 0. The number of halogens is 2. The standard InChI is InChI=1S/C20H17I2NO3S/c1-3-26-18-15(21)8-14(9-16(18)22)10-17-19(24)23(20(25)27-17)11-13-6-4-5-12(2)7-13/h4-10H,3,11H2,1-2H3/b17-10-. The Morgan fingerprint density at radius 1 is 1.15 bits per heavy atom. The van der Waals surface area contributed by atoms with Crippen LogP contribution in [0.4, 0.5) is 4.79 Å². The molecule has 3 rings (SSSR count). The fraction of sp³-hybridized carbons (Fsp3) is 0.200. The van der Waals surface area contributed by atoms with E-state index < -0.39 is 0 Å². The fourth-order valence-corrected chi connectivity index (χ4v) is 5.69. The molecule has 1 fully saturated rings. The van der Waals surface area contributed by atoms with E-state index in [2.05, 4.69) is 45.2 Å². The number of nitrogens with zero attached hydrogens (tertiary/aromatic N) is 1. The quantitative estimate of drug-likeness (QED) is 0.318. The fourth-order valence-electron chi connectivity index (χ4n) is 2.73. The summed E-state index contributed by atoms with van der Waals surface area (Å²) >= 11 is 5.44. The van der Waals surface area contributed by atoms with Crippen molar-refractivity contribution in [3.05, 3.63) is 65.1 Å². The van der Waals surface area contributed by atoms with Gasteiger partial charge >= 0.3 is 0 Å². The Hall–Kier alpha value is -1.07. The molecule has 1 saturated heterocycles. The van der Waals surface area contributed by atoms with Crippen LogP contribution in [0.5, 0.6) is 5.75 Å². The zero-order valence-electron chi connectivity index (χ0n) is 14.8. The summed E-state index contributed by atoms with van der Waals surface area (Å²) in [5.74, 6) is 0.605. The van der Waals surface area contributed by atoms with Gasteiger partial charge in [-0.15, -0.1) is 0 Å². The van der Waals surface area contributed by atoms with Gasteiger partial charge in [0, 0.05) is 0 Å². The average Bonchev–Trinajstić information content (AvgIpc) is 2.86. The molecule has 0 aliphatic carbocycles. The zero-order chi connectivity index (χ0) is 19.6. The first-order chi connectivity index (χ1) is 12.9. The van der Waals surface area contributed by atoms with Crippen LogP contribution in [0.15, 0.2) is 41.3 Å². The maximum atomic E-state index is 12.7. The number of hydrogen-bond donors (Lipinski definition) is 0. The van der Waals surface area contributed by atoms with Crippen molar-refractivity contribution in [3.63, 3.8) is 0 Å². The monoisotopic (exact) mass is 605 g/mol. The number of thioether (sulfide) groups is 1. The highest BCUT2D eigenvalue weighted by Gasteiger charge is 2.35. The maximum Gasteiger partial charge on any atom is 0.293 e. The number of hydrogen-bond acceptors (Lipinski definition) is 4. The number of imide groups is 1. The molecule has 7 heteroatoms. The molecule has 0 saturated carbocycles. The first-order valence-corrected chi connectivity index (χ1v) is 11.3. The third-order valence-electron chi connectivity index (χ3n) is 3.90. The van der Waals surface area contributed by atoms with E-state index in [-0.39, 0.29) is 11.1 Å². The maximum absolute atomic E-state index is 12.7. The summed E-state index contributed by atoms with van der Waals surface area (Å²) in [6.07, 6.45) is 1.78. The molecule has 0 bridgehead atoms. The highest BCUT2D eigenvalue weighted by Crippen LogP contribution is 2.35. The Kier molecular flexibility index (Phi) is 6.85. The second kappa shape index (κ2) is 8.95. The van der Waals surface area contributed by atoms with Crippen LogP contribution in [0.1, 0.15) is 23.6 Å². The predicted molar refractivity (Wildman–Crippen MR) is 126 cm³/mol. The number of amides is 2. The Morgan fingerprint density at radius 2 is 1.85 bits per heavy atom. The molecule has 140 valence electrons. The summed E-state index contributed by atoms with van der Waals surface area (Å²) in [6.45, 7) is 4.84. The van der Waals surface area contributed by atoms with Gasteiger partial charge in [-0.1, -0.05) is 29.8 Å². The summed E-state index contributed by atoms with van der Waals surface area (Å²) in [4.78, 5) is 26.8. The van der Waals surface area contributed by atoms with Gasteiger partial charge in [0.05, 0.1) is 25.2 Å². The molecule has 2 amide bonds. The lowest BCUT2D eigenvalue weighted by molar-refractivity contribution is -0.123. The lowest BCUT2D eigenvalue weighted by atomic mass is 10.1. The first kappa shape index (κ1) is 20.7. The van der Waals surface area contributed by atoms with Crippen molar-refractivity contribution in [2.24, 2.45) is 0 Å². The van der Waals surface area contributed by atoms with Crippen LogP contribution in [0.2, 0.25) is 0 Å². The molecule has 0 aromatic heterocycles. The van der Waals surface area contributed by atoms with Crippen LogP contribution in [-0.2, 0) is 11.3 Å². The van der Waals surface area contributed by atoms with Crippen LogP contribution in [0.25, 0.3) is 6.08 Å². The number of ether oxygens (including phenoxy) is 1. The van der Waals surface area contributed by atoms with Crippen molar-refractivity contribution in [3.8, 4) is 5.75 Å². The van der Waals surface area contributed by atoms with E-state index in [1.165, 1.54) is 4.90 Å². The summed E-state index contributed by atoms with van der Waals surface area (Å²) in [5, 5.41) is -0.233. The van der Waals surface area contributed by atoms with Gasteiger partial charge in [-0.3, -0.25) is 14.5 Å². The van der Waals surface area contributed by atoms with E-state index in [1.54, 1.807) is 6.08 Å². The van der Waals surface area contributed by atoms with Gasteiger partial charge in [0.2, 0.25) is 0 Å². The molecule has 1 aliphatic rings. The minimum Gasteiger partial charge on any atom is -0.492 e. The number of benzene rings is 2. The lowest BCUT2D eigenvalue weighted by Crippen LogP contribution is -2.27. The van der Waals surface area contributed by atoms with Gasteiger partial charge in [-0.2, -0.15) is 0 Å². The average molecular weight is 605 g/mol. The van der Waals surface area contributed by atoms with Crippen molar-refractivity contribution in [1.29, 1.82) is 0 Å². The highest BCUT2D eigenvalue weighted by atomic mass is 127. The first-order valence-electron chi connectivity index (χ1n) is 8.31. The summed E-state index contributed by atoms with van der Waals surface area (Å²) in [6, 6.07) is 11.8. The minimum atomic E-state index is -0.245. The topological polar surface area (TPSA) is 46.6 Å².